The van der Waals surface area contributed by atoms with Crippen LogP contribution in [-0.4, -0.2) is 37.0 Å². The molecule has 0 unspecified atom stereocenters. The number of benzene rings is 1. The Bertz CT molecular complexity index is 456. The summed E-state index contributed by atoms with van der Waals surface area (Å²) in [5.74, 6) is 0.158. The Morgan fingerprint density at radius 1 is 1.30 bits per heavy atom. The van der Waals surface area contributed by atoms with Gasteiger partial charge in [-0.3, -0.25) is 4.79 Å². The molecule has 1 fully saturated rings. The van der Waals surface area contributed by atoms with Crippen molar-refractivity contribution in [2.75, 3.05) is 14.1 Å². The van der Waals surface area contributed by atoms with Crippen LogP contribution in [0.2, 0.25) is 5.02 Å². The van der Waals surface area contributed by atoms with Gasteiger partial charge in [0, 0.05) is 24.2 Å². The Labute approximate surface area is 126 Å². The fraction of sp³-hybridized carbons (Fsp3) is 0.562. The topological polar surface area (TPSA) is 32.3 Å². The lowest BCUT2D eigenvalue weighted by molar-refractivity contribution is -0.131. The van der Waals surface area contributed by atoms with Gasteiger partial charge in [-0.1, -0.05) is 29.8 Å². The van der Waals surface area contributed by atoms with Crippen molar-refractivity contribution >= 4 is 17.5 Å². The predicted molar refractivity (Wildman–Crippen MR) is 83.0 cm³/mol. The minimum atomic E-state index is 0.158. The van der Waals surface area contributed by atoms with Crippen molar-refractivity contribution in [3.63, 3.8) is 0 Å². The van der Waals surface area contributed by atoms with Gasteiger partial charge < -0.3 is 10.2 Å². The third kappa shape index (κ3) is 3.74. The maximum absolute atomic E-state index is 12.4. The molecular weight excluding hydrogens is 272 g/mol. The molecule has 0 spiro atoms. The first kappa shape index (κ1) is 15.3. The maximum atomic E-state index is 12.4. The van der Waals surface area contributed by atoms with Crippen molar-refractivity contribution in [2.45, 2.75) is 44.2 Å². The van der Waals surface area contributed by atoms with Crippen LogP contribution in [0.4, 0.5) is 0 Å². The molecule has 0 bridgehead atoms. The van der Waals surface area contributed by atoms with Crippen LogP contribution in [0, 0.1) is 0 Å². The zero-order valence-electron chi connectivity index (χ0n) is 12.2. The molecule has 0 aromatic heterocycles. The number of hydrogen-bond donors (Lipinski definition) is 1. The SMILES string of the molecule is CNC1CCC(N(C)C(=O)Cc2ccccc2Cl)CC1. The van der Waals surface area contributed by atoms with E-state index in [-0.39, 0.29) is 5.91 Å². The van der Waals surface area contributed by atoms with E-state index in [4.69, 9.17) is 11.6 Å². The Hall–Kier alpha value is -1.06. The van der Waals surface area contributed by atoms with Crippen LogP contribution in [-0.2, 0) is 11.2 Å². The first-order valence-corrected chi connectivity index (χ1v) is 7.66. The number of nitrogens with one attached hydrogen (secondary N) is 1. The summed E-state index contributed by atoms with van der Waals surface area (Å²) < 4.78 is 0. The van der Waals surface area contributed by atoms with E-state index < -0.39 is 0 Å². The first-order valence-electron chi connectivity index (χ1n) is 7.28. The molecule has 3 nitrogen and oxygen atoms in total. The Morgan fingerprint density at radius 2 is 1.95 bits per heavy atom. The predicted octanol–water partition coefficient (Wildman–Crippen LogP) is 2.87. The summed E-state index contributed by atoms with van der Waals surface area (Å²) in [6.07, 6.45) is 4.84. The fourth-order valence-corrected chi connectivity index (χ4v) is 3.09. The zero-order valence-corrected chi connectivity index (χ0v) is 13.0. The Balaban J connectivity index is 1.91. The minimum Gasteiger partial charge on any atom is -0.342 e. The summed E-state index contributed by atoms with van der Waals surface area (Å²) in [5.41, 5.74) is 0.912. The van der Waals surface area contributed by atoms with Crippen LogP contribution in [0.25, 0.3) is 0 Å². The number of nitrogens with zero attached hydrogens (tertiary/aromatic N) is 1. The molecule has 0 saturated heterocycles. The van der Waals surface area contributed by atoms with Crippen molar-refractivity contribution in [1.29, 1.82) is 0 Å². The van der Waals surface area contributed by atoms with Crippen LogP contribution < -0.4 is 5.32 Å². The molecule has 1 aromatic rings. The number of amides is 1. The molecule has 0 heterocycles. The minimum absolute atomic E-state index is 0.158. The lowest BCUT2D eigenvalue weighted by Crippen LogP contribution is -2.43. The standard InChI is InChI=1S/C16H23ClN2O/c1-18-13-7-9-14(10-8-13)19(2)16(20)11-12-5-3-4-6-15(12)17/h3-6,13-14,18H,7-11H2,1-2H3. The summed E-state index contributed by atoms with van der Waals surface area (Å²) in [5, 5.41) is 3.99. The van der Waals surface area contributed by atoms with Gasteiger partial charge in [-0.15, -0.1) is 0 Å². The van der Waals surface area contributed by atoms with E-state index in [2.05, 4.69) is 5.32 Å². The molecule has 1 aliphatic rings. The number of likely N-dealkylation sites (N-methyl/N-ethyl adjacent to an activating group) is 1. The summed E-state index contributed by atoms with van der Waals surface area (Å²) in [6.45, 7) is 0. The largest absolute Gasteiger partial charge is 0.342 e. The van der Waals surface area contributed by atoms with E-state index in [0.717, 1.165) is 31.2 Å². The summed E-state index contributed by atoms with van der Waals surface area (Å²) in [4.78, 5) is 14.3. The first-order chi connectivity index (χ1) is 9.61. The number of hydrogen-bond acceptors (Lipinski definition) is 2. The van der Waals surface area contributed by atoms with E-state index in [0.29, 0.717) is 23.5 Å². The van der Waals surface area contributed by atoms with Gasteiger partial charge in [-0.05, 0) is 44.4 Å². The van der Waals surface area contributed by atoms with Crippen LogP contribution in [0.5, 0.6) is 0 Å². The molecule has 1 amide bonds. The summed E-state index contributed by atoms with van der Waals surface area (Å²) in [7, 11) is 3.93. The van der Waals surface area contributed by atoms with E-state index in [1.807, 2.05) is 43.3 Å². The van der Waals surface area contributed by atoms with Gasteiger partial charge in [0.2, 0.25) is 5.91 Å². The van der Waals surface area contributed by atoms with Crippen LogP contribution in [0.1, 0.15) is 31.2 Å². The monoisotopic (exact) mass is 294 g/mol. The number of carbonyl (C=O) groups excluding carboxylic acids is 1. The normalized spacial score (nSPS) is 22.6. The van der Waals surface area contributed by atoms with Crippen molar-refractivity contribution in [3.8, 4) is 0 Å². The molecule has 0 aliphatic heterocycles. The highest BCUT2D eigenvalue weighted by molar-refractivity contribution is 6.31. The van der Waals surface area contributed by atoms with Crippen LogP contribution >= 0.6 is 11.6 Å². The van der Waals surface area contributed by atoms with Gasteiger partial charge in [-0.25, -0.2) is 0 Å². The van der Waals surface area contributed by atoms with Crippen LogP contribution in [0.3, 0.4) is 0 Å². The molecule has 4 heteroatoms. The lowest BCUT2D eigenvalue weighted by Gasteiger charge is -2.34. The molecule has 1 saturated carbocycles. The van der Waals surface area contributed by atoms with Gasteiger partial charge in [0.05, 0.1) is 6.42 Å². The smallest absolute Gasteiger partial charge is 0.227 e. The molecule has 2 rings (SSSR count). The fourth-order valence-electron chi connectivity index (χ4n) is 2.88. The van der Waals surface area contributed by atoms with Gasteiger partial charge in [0.1, 0.15) is 0 Å². The molecule has 1 aromatic carbocycles. The second kappa shape index (κ2) is 7.09. The Morgan fingerprint density at radius 3 is 2.55 bits per heavy atom. The highest BCUT2D eigenvalue weighted by Crippen LogP contribution is 2.23. The van der Waals surface area contributed by atoms with Gasteiger partial charge in [0.25, 0.3) is 0 Å². The van der Waals surface area contributed by atoms with Crippen molar-refractivity contribution < 1.29 is 4.79 Å². The van der Waals surface area contributed by atoms with E-state index >= 15 is 0 Å². The second-order valence-electron chi connectivity index (χ2n) is 5.57. The summed E-state index contributed by atoms with van der Waals surface area (Å²) in [6, 6.07) is 8.55. The van der Waals surface area contributed by atoms with Gasteiger partial charge in [-0.2, -0.15) is 0 Å². The average molecular weight is 295 g/mol. The molecule has 0 radical (unpaired) electrons. The van der Waals surface area contributed by atoms with Crippen molar-refractivity contribution in [3.05, 3.63) is 34.9 Å². The molecule has 110 valence electrons. The van der Waals surface area contributed by atoms with Crippen molar-refractivity contribution in [2.24, 2.45) is 0 Å². The zero-order chi connectivity index (χ0) is 14.5. The molecule has 1 aliphatic carbocycles. The Kier molecular flexibility index (Phi) is 5.44. The molecule has 1 N–H and O–H groups in total. The van der Waals surface area contributed by atoms with Crippen LogP contribution in [0.15, 0.2) is 24.3 Å². The number of carbonyl (C=O) groups is 1. The lowest BCUT2D eigenvalue weighted by atomic mass is 9.90. The van der Waals surface area contributed by atoms with E-state index in [1.54, 1.807) is 0 Å². The third-order valence-electron chi connectivity index (χ3n) is 4.35. The average Bonchev–Trinajstić information content (AvgIpc) is 2.49. The third-order valence-corrected chi connectivity index (χ3v) is 4.71. The molecule has 20 heavy (non-hydrogen) atoms. The van der Waals surface area contributed by atoms with Crippen molar-refractivity contribution in [1.82, 2.24) is 10.2 Å². The molecule has 0 atom stereocenters. The highest BCUT2D eigenvalue weighted by atomic mass is 35.5. The van der Waals surface area contributed by atoms with Gasteiger partial charge in [0.15, 0.2) is 0 Å². The molecular formula is C16H23ClN2O. The number of rotatable bonds is 4. The van der Waals surface area contributed by atoms with Gasteiger partial charge >= 0.3 is 0 Å². The maximum Gasteiger partial charge on any atom is 0.227 e. The highest BCUT2D eigenvalue weighted by Gasteiger charge is 2.25. The number of halogens is 1. The quantitative estimate of drug-likeness (QED) is 0.926. The van der Waals surface area contributed by atoms with E-state index in [1.165, 1.54) is 0 Å². The van der Waals surface area contributed by atoms with E-state index in [9.17, 15) is 4.79 Å². The second-order valence-corrected chi connectivity index (χ2v) is 5.97. The summed E-state index contributed by atoms with van der Waals surface area (Å²) >= 11 is 6.12.